The molecule has 1 atom stereocenters. The zero-order valence-electron chi connectivity index (χ0n) is 16.0. The van der Waals surface area contributed by atoms with E-state index in [0.717, 1.165) is 62.6 Å². The highest BCUT2D eigenvalue weighted by Crippen LogP contribution is 2.24. The van der Waals surface area contributed by atoms with Crippen LogP contribution in [-0.4, -0.2) is 50.2 Å². The molecule has 0 radical (unpaired) electrons. The summed E-state index contributed by atoms with van der Waals surface area (Å²) in [6.07, 6.45) is 5.54. The van der Waals surface area contributed by atoms with Gasteiger partial charge in [0, 0.05) is 6.04 Å². The Bertz CT molecular complexity index is 655. The van der Waals surface area contributed by atoms with E-state index in [1.807, 2.05) is 31.2 Å². The summed E-state index contributed by atoms with van der Waals surface area (Å²) in [4.78, 5) is 28.0. The van der Waals surface area contributed by atoms with Crippen LogP contribution in [0.15, 0.2) is 24.3 Å². The molecule has 1 aliphatic heterocycles. The Morgan fingerprint density at radius 2 is 1.81 bits per heavy atom. The molecule has 0 bridgehead atoms. The third-order valence-electron chi connectivity index (χ3n) is 5.78. The van der Waals surface area contributed by atoms with Crippen LogP contribution in [-0.2, 0) is 4.79 Å². The molecule has 3 rings (SSSR count). The smallest absolute Gasteiger partial charge is 0.321 e. The molecule has 1 heterocycles. The first kappa shape index (κ1) is 20.0. The number of carbonyl (C=O) groups excluding carboxylic acids is 2. The summed E-state index contributed by atoms with van der Waals surface area (Å²) in [5, 5.41) is 6.23. The SMILES string of the molecule is C[C@H](C(=O)NC(=O)NC1CCCCC1)[NH+]1CCN(c2ccccc2Cl)CC1. The Morgan fingerprint density at radius 3 is 2.48 bits per heavy atom. The second-order valence-electron chi connectivity index (χ2n) is 7.62. The summed E-state index contributed by atoms with van der Waals surface area (Å²) in [6, 6.07) is 7.44. The molecule has 0 aromatic heterocycles. The van der Waals surface area contributed by atoms with Crippen LogP contribution in [0.5, 0.6) is 0 Å². The van der Waals surface area contributed by atoms with E-state index >= 15 is 0 Å². The minimum Gasteiger partial charge on any atom is -0.359 e. The van der Waals surface area contributed by atoms with Crippen LogP contribution >= 0.6 is 11.6 Å². The van der Waals surface area contributed by atoms with Crippen molar-refractivity contribution >= 4 is 29.2 Å². The molecule has 0 spiro atoms. The number of rotatable bonds is 4. The molecular weight excluding hydrogens is 364 g/mol. The lowest BCUT2D eigenvalue weighted by atomic mass is 9.96. The highest BCUT2D eigenvalue weighted by atomic mass is 35.5. The number of benzene rings is 1. The van der Waals surface area contributed by atoms with Crippen molar-refractivity contribution < 1.29 is 14.5 Å². The van der Waals surface area contributed by atoms with Gasteiger partial charge in [0.25, 0.3) is 5.91 Å². The number of quaternary nitrogens is 1. The maximum atomic E-state index is 12.5. The van der Waals surface area contributed by atoms with Gasteiger partial charge in [0.2, 0.25) is 0 Å². The van der Waals surface area contributed by atoms with Gasteiger partial charge in [0.15, 0.2) is 6.04 Å². The van der Waals surface area contributed by atoms with Gasteiger partial charge in [-0.15, -0.1) is 0 Å². The van der Waals surface area contributed by atoms with E-state index in [9.17, 15) is 9.59 Å². The number of nitrogens with zero attached hydrogens (tertiary/aromatic N) is 1. The predicted molar refractivity (Wildman–Crippen MR) is 107 cm³/mol. The van der Waals surface area contributed by atoms with E-state index in [1.54, 1.807) is 0 Å². The number of hydrogen-bond donors (Lipinski definition) is 3. The standard InChI is InChI=1S/C20H29ClN4O2/c1-15(19(26)23-20(27)22-16-7-3-2-4-8-16)24-11-13-25(14-12-24)18-10-6-5-9-17(18)21/h5-6,9-10,15-16H,2-4,7-8,11-14H2,1H3,(H2,22,23,26,27)/p+1/t15-/m1/s1. The van der Waals surface area contributed by atoms with Gasteiger partial charge in [-0.25, -0.2) is 4.79 Å². The fourth-order valence-electron chi connectivity index (χ4n) is 4.05. The molecule has 1 aliphatic carbocycles. The molecule has 3 N–H and O–H groups in total. The number of halogens is 1. The number of hydrogen-bond acceptors (Lipinski definition) is 3. The summed E-state index contributed by atoms with van der Waals surface area (Å²) < 4.78 is 0. The van der Waals surface area contributed by atoms with E-state index in [-0.39, 0.29) is 24.0 Å². The molecule has 0 unspecified atom stereocenters. The first-order valence-electron chi connectivity index (χ1n) is 10.00. The molecule has 3 amide bonds. The zero-order chi connectivity index (χ0) is 19.2. The van der Waals surface area contributed by atoms with E-state index < -0.39 is 0 Å². The number of imide groups is 1. The van der Waals surface area contributed by atoms with Crippen LogP contribution in [0.25, 0.3) is 0 Å². The third kappa shape index (κ3) is 5.36. The Hall–Kier alpha value is -1.79. The molecule has 2 fully saturated rings. The first-order chi connectivity index (χ1) is 13.0. The average molecular weight is 394 g/mol. The molecule has 7 heteroatoms. The van der Waals surface area contributed by atoms with Crippen LogP contribution in [0.2, 0.25) is 5.02 Å². The topological polar surface area (TPSA) is 65.9 Å². The number of carbonyl (C=O) groups is 2. The highest BCUT2D eigenvalue weighted by Gasteiger charge is 2.30. The molecule has 27 heavy (non-hydrogen) atoms. The number of para-hydroxylation sites is 1. The minimum atomic E-state index is -0.354. The maximum absolute atomic E-state index is 12.5. The summed E-state index contributed by atoms with van der Waals surface area (Å²) in [5.74, 6) is -0.204. The number of anilines is 1. The lowest BCUT2D eigenvalue weighted by Gasteiger charge is -2.36. The monoisotopic (exact) mass is 393 g/mol. The Balaban J connectivity index is 1.45. The van der Waals surface area contributed by atoms with Gasteiger partial charge in [0.05, 0.1) is 36.9 Å². The van der Waals surface area contributed by atoms with Crippen molar-refractivity contribution in [3.63, 3.8) is 0 Å². The molecule has 1 aromatic rings. The van der Waals surface area contributed by atoms with Gasteiger partial charge in [-0.3, -0.25) is 10.1 Å². The van der Waals surface area contributed by atoms with Gasteiger partial charge in [-0.2, -0.15) is 0 Å². The van der Waals surface area contributed by atoms with Gasteiger partial charge in [-0.05, 0) is 31.9 Å². The van der Waals surface area contributed by atoms with Crippen LogP contribution < -0.4 is 20.4 Å². The van der Waals surface area contributed by atoms with Crippen molar-refractivity contribution in [2.75, 3.05) is 31.1 Å². The van der Waals surface area contributed by atoms with E-state index in [4.69, 9.17) is 11.6 Å². The fraction of sp³-hybridized carbons (Fsp3) is 0.600. The van der Waals surface area contributed by atoms with E-state index in [2.05, 4.69) is 15.5 Å². The van der Waals surface area contributed by atoms with Crippen molar-refractivity contribution in [1.82, 2.24) is 10.6 Å². The Labute approximate surface area is 166 Å². The number of nitrogens with one attached hydrogen (secondary N) is 3. The fourth-order valence-corrected chi connectivity index (χ4v) is 4.31. The maximum Gasteiger partial charge on any atom is 0.321 e. The Morgan fingerprint density at radius 1 is 1.15 bits per heavy atom. The minimum absolute atomic E-state index is 0.202. The lowest BCUT2D eigenvalue weighted by Crippen LogP contribution is -3.19. The van der Waals surface area contributed by atoms with Gasteiger partial charge in [0.1, 0.15) is 0 Å². The van der Waals surface area contributed by atoms with Crippen molar-refractivity contribution in [3.8, 4) is 0 Å². The summed E-state index contributed by atoms with van der Waals surface area (Å²) in [5.41, 5.74) is 1.04. The van der Waals surface area contributed by atoms with Gasteiger partial charge in [-0.1, -0.05) is 43.0 Å². The van der Waals surface area contributed by atoms with Gasteiger partial charge >= 0.3 is 6.03 Å². The molecule has 1 aromatic carbocycles. The van der Waals surface area contributed by atoms with E-state index in [1.165, 1.54) is 11.3 Å². The molecule has 1 saturated heterocycles. The zero-order valence-corrected chi connectivity index (χ0v) is 16.7. The van der Waals surface area contributed by atoms with Crippen LogP contribution in [0.4, 0.5) is 10.5 Å². The lowest BCUT2D eigenvalue weighted by molar-refractivity contribution is -0.914. The second-order valence-corrected chi connectivity index (χ2v) is 8.02. The number of amides is 3. The quantitative estimate of drug-likeness (QED) is 0.727. The normalized spacial score (nSPS) is 20.1. The van der Waals surface area contributed by atoms with Gasteiger partial charge < -0.3 is 15.1 Å². The second kappa shape index (κ2) is 9.42. The van der Waals surface area contributed by atoms with Crippen molar-refractivity contribution in [1.29, 1.82) is 0 Å². The number of urea groups is 1. The highest BCUT2D eigenvalue weighted by molar-refractivity contribution is 6.33. The summed E-state index contributed by atoms with van der Waals surface area (Å²) >= 11 is 6.29. The third-order valence-corrected chi connectivity index (χ3v) is 6.10. The van der Waals surface area contributed by atoms with Crippen molar-refractivity contribution in [3.05, 3.63) is 29.3 Å². The van der Waals surface area contributed by atoms with Crippen molar-refractivity contribution in [2.45, 2.75) is 51.1 Å². The van der Waals surface area contributed by atoms with Crippen molar-refractivity contribution in [2.24, 2.45) is 0 Å². The molecule has 148 valence electrons. The largest absolute Gasteiger partial charge is 0.359 e. The number of piperazine rings is 1. The molecular formula is C20H30ClN4O2+. The Kier molecular flexibility index (Phi) is 6.96. The summed E-state index contributed by atoms with van der Waals surface area (Å²) in [7, 11) is 0. The first-order valence-corrected chi connectivity index (χ1v) is 10.4. The van der Waals surface area contributed by atoms with Crippen LogP contribution in [0.3, 0.4) is 0 Å². The van der Waals surface area contributed by atoms with Crippen LogP contribution in [0.1, 0.15) is 39.0 Å². The average Bonchev–Trinajstić information content (AvgIpc) is 2.68. The molecule has 2 aliphatic rings. The molecule has 6 nitrogen and oxygen atoms in total. The predicted octanol–water partition coefficient (Wildman–Crippen LogP) is 1.59. The van der Waals surface area contributed by atoms with E-state index in [0.29, 0.717) is 0 Å². The van der Waals surface area contributed by atoms with Crippen LogP contribution in [0, 0.1) is 0 Å². The molecule has 1 saturated carbocycles. The summed E-state index contributed by atoms with van der Waals surface area (Å²) in [6.45, 7) is 5.24.